The Morgan fingerprint density at radius 2 is 1.43 bits per heavy atom. The number of aryl methyl sites for hydroxylation is 2. The van der Waals surface area contributed by atoms with Crippen LogP contribution in [0.5, 0.6) is 5.75 Å². The molecule has 0 aliphatic heterocycles. The quantitative estimate of drug-likeness (QED) is 0.476. The molecule has 120 valence electrons. The Morgan fingerprint density at radius 3 is 1.95 bits per heavy atom. The van der Waals surface area contributed by atoms with Crippen molar-refractivity contribution < 1.29 is 5.11 Å². The smallest absolute Gasteiger partial charge is 0.121 e. The lowest BCUT2D eigenvalue weighted by molar-refractivity contribution is 0.456. The summed E-state index contributed by atoms with van der Waals surface area (Å²) in [5.74, 6) is 1.38. The Morgan fingerprint density at radius 1 is 0.857 bits per heavy atom. The van der Waals surface area contributed by atoms with Crippen molar-refractivity contribution in [2.24, 2.45) is 5.92 Å². The molecule has 1 nitrogen and oxygen atoms in total. The molecule has 21 heavy (non-hydrogen) atoms. The molecule has 0 aliphatic carbocycles. The van der Waals surface area contributed by atoms with Crippen LogP contribution < -0.4 is 0 Å². The van der Waals surface area contributed by atoms with Gasteiger partial charge in [-0.15, -0.1) is 0 Å². The molecule has 0 unspecified atom stereocenters. The topological polar surface area (TPSA) is 20.2 Å². The van der Waals surface area contributed by atoms with Crippen LogP contribution in [-0.2, 0) is 12.8 Å². The van der Waals surface area contributed by atoms with E-state index in [0.29, 0.717) is 5.75 Å². The lowest BCUT2D eigenvalue weighted by atomic mass is 9.98. The molecule has 0 radical (unpaired) electrons. The van der Waals surface area contributed by atoms with Gasteiger partial charge in [-0.2, -0.15) is 0 Å². The third-order valence-electron chi connectivity index (χ3n) is 4.23. The van der Waals surface area contributed by atoms with Crippen molar-refractivity contribution in [2.75, 3.05) is 0 Å². The summed E-state index contributed by atoms with van der Waals surface area (Å²) in [6, 6.07) is 6.29. The summed E-state index contributed by atoms with van der Waals surface area (Å²) in [4.78, 5) is 0. The van der Waals surface area contributed by atoms with Crippen LogP contribution in [-0.4, -0.2) is 5.11 Å². The number of benzene rings is 1. The van der Waals surface area contributed by atoms with Crippen molar-refractivity contribution in [2.45, 2.75) is 85.0 Å². The van der Waals surface area contributed by atoms with Gasteiger partial charge in [0.1, 0.15) is 5.75 Å². The predicted molar refractivity (Wildman–Crippen MR) is 93.0 cm³/mol. The van der Waals surface area contributed by atoms with Crippen LogP contribution in [0.15, 0.2) is 18.2 Å². The van der Waals surface area contributed by atoms with Crippen LogP contribution in [0.3, 0.4) is 0 Å². The zero-order valence-corrected chi connectivity index (χ0v) is 14.3. The molecule has 1 heteroatoms. The SMILES string of the molecule is CCCCCCc1cccc(CCCCCC(C)C)c1O. The van der Waals surface area contributed by atoms with Gasteiger partial charge < -0.3 is 5.11 Å². The molecular weight excluding hydrogens is 256 g/mol. The van der Waals surface area contributed by atoms with E-state index in [0.717, 1.165) is 29.9 Å². The first-order valence-corrected chi connectivity index (χ1v) is 8.94. The van der Waals surface area contributed by atoms with E-state index in [1.807, 2.05) is 0 Å². The van der Waals surface area contributed by atoms with E-state index in [1.165, 1.54) is 51.4 Å². The second kappa shape index (κ2) is 10.7. The highest BCUT2D eigenvalue weighted by Crippen LogP contribution is 2.26. The van der Waals surface area contributed by atoms with Gasteiger partial charge in [-0.3, -0.25) is 0 Å². The largest absolute Gasteiger partial charge is 0.507 e. The fourth-order valence-corrected chi connectivity index (χ4v) is 2.84. The first-order chi connectivity index (χ1) is 10.1. The highest BCUT2D eigenvalue weighted by Gasteiger charge is 2.06. The van der Waals surface area contributed by atoms with Crippen LogP contribution in [0.25, 0.3) is 0 Å². The van der Waals surface area contributed by atoms with Crippen molar-refractivity contribution >= 4 is 0 Å². The number of hydrogen-bond acceptors (Lipinski definition) is 1. The van der Waals surface area contributed by atoms with Crippen LogP contribution in [0, 0.1) is 5.92 Å². The van der Waals surface area contributed by atoms with E-state index in [-0.39, 0.29) is 0 Å². The molecule has 0 heterocycles. The van der Waals surface area contributed by atoms with Gasteiger partial charge in [-0.1, -0.05) is 77.5 Å². The molecule has 0 aromatic heterocycles. The summed E-state index contributed by atoms with van der Waals surface area (Å²) in [6.07, 6.45) is 12.2. The van der Waals surface area contributed by atoms with Gasteiger partial charge >= 0.3 is 0 Å². The Hall–Kier alpha value is -0.980. The molecule has 0 fully saturated rings. The second-order valence-corrected chi connectivity index (χ2v) is 6.73. The zero-order valence-electron chi connectivity index (χ0n) is 14.3. The zero-order chi connectivity index (χ0) is 15.5. The molecule has 0 spiro atoms. The molecule has 0 amide bonds. The van der Waals surface area contributed by atoms with E-state index in [9.17, 15) is 5.11 Å². The Labute approximate surface area is 131 Å². The number of para-hydroxylation sites is 1. The maximum Gasteiger partial charge on any atom is 0.121 e. The minimum atomic E-state index is 0.567. The molecule has 0 saturated carbocycles. The lowest BCUT2D eigenvalue weighted by Gasteiger charge is -2.10. The maximum atomic E-state index is 10.4. The molecule has 1 N–H and O–H groups in total. The van der Waals surface area contributed by atoms with E-state index >= 15 is 0 Å². The first-order valence-electron chi connectivity index (χ1n) is 8.94. The number of rotatable bonds is 11. The Kier molecular flexibility index (Phi) is 9.21. The predicted octanol–water partition coefficient (Wildman–Crippen LogP) is 6.27. The Bertz CT molecular complexity index is 381. The monoisotopic (exact) mass is 290 g/mol. The Balaban J connectivity index is 2.37. The lowest BCUT2D eigenvalue weighted by Crippen LogP contribution is -1.93. The molecule has 1 rings (SSSR count). The number of unbranched alkanes of at least 4 members (excludes halogenated alkanes) is 5. The normalized spacial score (nSPS) is 11.2. The highest BCUT2D eigenvalue weighted by atomic mass is 16.3. The van der Waals surface area contributed by atoms with Gasteiger partial charge in [0.05, 0.1) is 0 Å². The van der Waals surface area contributed by atoms with E-state index in [2.05, 4.69) is 39.0 Å². The van der Waals surface area contributed by atoms with Gasteiger partial charge in [-0.25, -0.2) is 0 Å². The third kappa shape index (κ3) is 7.55. The number of hydrogen-bond donors (Lipinski definition) is 1. The van der Waals surface area contributed by atoms with Crippen LogP contribution >= 0.6 is 0 Å². The van der Waals surface area contributed by atoms with Crippen LogP contribution in [0.4, 0.5) is 0 Å². The van der Waals surface area contributed by atoms with Gasteiger partial charge in [0.15, 0.2) is 0 Å². The van der Waals surface area contributed by atoms with Crippen molar-refractivity contribution in [1.29, 1.82) is 0 Å². The number of phenolic OH excluding ortho intramolecular Hbond substituents is 1. The molecule has 1 aromatic rings. The van der Waals surface area contributed by atoms with Crippen molar-refractivity contribution in [3.8, 4) is 5.75 Å². The summed E-state index contributed by atoms with van der Waals surface area (Å²) in [5.41, 5.74) is 2.29. The molecule has 0 bridgehead atoms. The van der Waals surface area contributed by atoms with Gasteiger partial charge in [0, 0.05) is 0 Å². The average molecular weight is 290 g/mol. The van der Waals surface area contributed by atoms with Crippen molar-refractivity contribution in [1.82, 2.24) is 0 Å². The fraction of sp³-hybridized carbons (Fsp3) is 0.700. The summed E-state index contributed by atoms with van der Waals surface area (Å²) in [5, 5.41) is 10.4. The summed E-state index contributed by atoms with van der Waals surface area (Å²) in [7, 11) is 0. The van der Waals surface area contributed by atoms with E-state index in [1.54, 1.807) is 0 Å². The molecule has 0 aliphatic rings. The van der Waals surface area contributed by atoms with Crippen LogP contribution in [0.1, 0.15) is 83.3 Å². The molecule has 0 saturated heterocycles. The summed E-state index contributed by atoms with van der Waals surface area (Å²) < 4.78 is 0. The van der Waals surface area contributed by atoms with E-state index < -0.39 is 0 Å². The number of phenols is 1. The van der Waals surface area contributed by atoms with E-state index in [4.69, 9.17) is 0 Å². The van der Waals surface area contributed by atoms with Crippen LogP contribution in [0.2, 0.25) is 0 Å². The second-order valence-electron chi connectivity index (χ2n) is 6.73. The number of aromatic hydroxyl groups is 1. The first kappa shape index (κ1) is 18.1. The summed E-state index contributed by atoms with van der Waals surface area (Å²) >= 11 is 0. The third-order valence-corrected chi connectivity index (χ3v) is 4.23. The molecule has 1 aromatic carbocycles. The highest BCUT2D eigenvalue weighted by molar-refractivity contribution is 5.40. The fourth-order valence-electron chi connectivity index (χ4n) is 2.84. The van der Waals surface area contributed by atoms with Gasteiger partial charge in [-0.05, 0) is 42.7 Å². The minimum Gasteiger partial charge on any atom is -0.507 e. The average Bonchev–Trinajstić information content (AvgIpc) is 2.46. The van der Waals surface area contributed by atoms with Gasteiger partial charge in [0.2, 0.25) is 0 Å². The minimum absolute atomic E-state index is 0.567. The van der Waals surface area contributed by atoms with Crippen molar-refractivity contribution in [3.63, 3.8) is 0 Å². The molecule has 0 atom stereocenters. The summed E-state index contributed by atoms with van der Waals surface area (Å²) in [6.45, 7) is 6.80. The van der Waals surface area contributed by atoms with Gasteiger partial charge in [0.25, 0.3) is 0 Å². The standard InChI is InChI=1S/C20H34O/c1-4-5-6-9-13-18-15-11-16-19(20(18)21)14-10-7-8-12-17(2)3/h11,15-17,21H,4-10,12-14H2,1-3H3. The molecular formula is C20H34O. The maximum absolute atomic E-state index is 10.4. The van der Waals surface area contributed by atoms with Crippen molar-refractivity contribution in [3.05, 3.63) is 29.3 Å².